The van der Waals surface area contributed by atoms with Crippen molar-refractivity contribution in [1.29, 1.82) is 0 Å². The summed E-state index contributed by atoms with van der Waals surface area (Å²) < 4.78 is 19.6. The fraction of sp³-hybridized carbons (Fsp3) is 0.211. The standard InChI is InChI=1S/C19H19FN4O2/c1-26-12-4-11-24-18(25)16-5-2-3-6-17(16)22-19(24)23-21-13-14-7-9-15(20)10-8-14/h2-3,5-10,13H,4,11-12H2,1H3,(H,22,23)/b21-13-. The van der Waals surface area contributed by atoms with Gasteiger partial charge in [0.05, 0.1) is 17.1 Å². The highest BCUT2D eigenvalue weighted by Gasteiger charge is 2.10. The molecule has 0 amide bonds. The molecule has 7 heteroatoms. The van der Waals surface area contributed by atoms with Crippen LogP contribution in [-0.4, -0.2) is 29.5 Å². The van der Waals surface area contributed by atoms with Gasteiger partial charge in [-0.25, -0.2) is 14.8 Å². The van der Waals surface area contributed by atoms with Gasteiger partial charge < -0.3 is 4.74 Å². The Labute approximate surface area is 150 Å². The fourth-order valence-electron chi connectivity index (χ4n) is 2.54. The summed E-state index contributed by atoms with van der Waals surface area (Å²) in [7, 11) is 1.62. The Morgan fingerprint density at radius 2 is 2.00 bits per heavy atom. The molecule has 0 aliphatic heterocycles. The van der Waals surface area contributed by atoms with Gasteiger partial charge in [0.25, 0.3) is 5.56 Å². The Morgan fingerprint density at radius 1 is 1.23 bits per heavy atom. The van der Waals surface area contributed by atoms with Gasteiger partial charge in [-0.3, -0.25) is 9.36 Å². The molecule has 0 saturated carbocycles. The summed E-state index contributed by atoms with van der Waals surface area (Å²) in [6, 6.07) is 13.1. The van der Waals surface area contributed by atoms with Crippen LogP contribution in [0.15, 0.2) is 58.4 Å². The Balaban J connectivity index is 1.90. The molecule has 0 unspecified atom stereocenters. The van der Waals surface area contributed by atoms with Crippen molar-refractivity contribution in [1.82, 2.24) is 9.55 Å². The lowest BCUT2D eigenvalue weighted by atomic mass is 10.2. The number of benzene rings is 2. The Hall–Kier alpha value is -3.06. The van der Waals surface area contributed by atoms with E-state index in [0.717, 1.165) is 5.56 Å². The molecular formula is C19H19FN4O2. The van der Waals surface area contributed by atoms with Crippen molar-refractivity contribution in [3.05, 3.63) is 70.3 Å². The van der Waals surface area contributed by atoms with E-state index in [-0.39, 0.29) is 11.4 Å². The average Bonchev–Trinajstić information content (AvgIpc) is 2.66. The van der Waals surface area contributed by atoms with Gasteiger partial charge in [0, 0.05) is 20.3 Å². The summed E-state index contributed by atoms with van der Waals surface area (Å²) >= 11 is 0. The maximum Gasteiger partial charge on any atom is 0.262 e. The molecule has 0 bridgehead atoms. The van der Waals surface area contributed by atoms with E-state index in [2.05, 4.69) is 15.5 Å². The molecule has 0 fully saturated rings. The van der Waals surface area contributed by atoms with E-state index in [1.54, 1.807) is 42.2 Å². The first-order valence-corrected chi connectivity index (χ1v) is 8.22. The molecule has 1 heterocycles. The molecule has 0 spiro atoms. The lowest BCUT2D eigenvalue weighted by molar-refractivity contribution is 0.190. The van der Waals surface area contributed by atoms with E-state index in [4.69, 9.17) is 4.74 Å². The third-order valence-corrected chi connectivity index (χ3v) is 3.84. The number of ether oxygens (including phenoxy) is 1. The van der Waals surface area contributed by atoms with Crippen molar-refractivity contribution >= 4 is 23.1 Å². The van der Waals surface area contributed by atoms with Crippen LogP contribution in [0.3, 0.4) is 0 Å². The topological polar surface area (TPSA) is 68.5 Å². The molecule has 0 saturated heterocycles. The lowest BCUT2D eigenvalue weighted by Gasteiger charge is -2.12. The molecule has 26 heavy (non-hydrogen) atoms. The van der Waals surface area contributed by atoms with Crippen LogP contribution in [0, 0.1) is 5.82 Å². The predicted molar refractivity (Wildman–Crippen MR) is 100 cm³/mol. The molecule has 0 radical (unpaired) electrons. The number of aromatic nitrogens is 2. The monoisotopic (exact) mass is 354 g/mol. The third-order valence-electron chi connectivity index (χ3n) is 3.84. The largest absolute Gasteiger partial charge is 0.385 e. The molecule has 2 aromatic carbocycles. The van der Waals surface area contributed by atoms with Gasteiger partial charge >= 0.3 is 0 Å². The predicted octanol–water partition coefficient (Wildman–Crippen LogP) is 3.02. The van der Waals surface area contributed by atoms with Crippen molar-refractivity contribution in [2.75, 3.05) is 19.1 Å². The van der Waals surface area contributed by atoms with Crippen LogP contribution in [0.5, 0.6) is 0 Å². The van der Waals surface area contributed by atoms with Crippen molar-refractivity contribution in [3.63, 3.8) is 0 Å². The Kier molecular flexibility index (Phi) is 5.70. The number of rotatable bonds is 7. The van der Waals surface area contributed by atoms with Crippen molar-refractivity contribution in [3.8, 4) is 0 Å². The first kappa shape index (κ1) is 17.8. The summed E-state index contributed by atoms with van der Waals surface area (Å²) in [4.78, 5) is 17.3. The minimum Gasteiger partial charge on any atom is -0.385 e. The van der Waals surface area contributed by atoms with E-state index in [0.29, 0.717) is 36.4 Å². The van der Waals surface area contributed by atoms with Crippen molar-refractivity contribution in [2.45, 2.75) is 13.0 Å². The second kappa shape index (κ2) is 8.35. The van der Waals surface area contributed by atoms with Crippen LogP contribution in [0.4, 0.5) is 10.3 Å². The summed E-state index contributed by atoms with van der Waals surface area (Å²) in [6.45, 7) is 0.996. The molecule has 0 aliphatic rings. The quantitative estimate of drug-likeness (QED) is 0.402. The zero-order valence-electron chi connectivity index (χ0n) is 14.4. The second-order valence-corrected chi connectivity index (χ2v) is 5.68. The third kappa shape index (κ3) is 4.12. The van der Waals surface area contributed by atoms with Crippen molar-refractivity contribution in [2.24, 2.45) is 5.10 Å². The van der Waals surface area contributed by atoms with E-state index < -0.39 is 0 Å². The van der Waals surface area contributed by atoms with E-state index in [9.17, 15) is 9.18 Å². The number of methoxy groups -OCH3 is 1. The highest BCUT2D eigenvalue weighted by atomic mass is 19.1. The zero-order valence-corrected chi connectivity index (χ0v) is 14.4. The summed E-state index contributed by atoms with van der Waals surface area (Å²) in [5, 5.41) is 4.68. The molecule has 134 valence electrons. The van der Waals surface area contributed by atoms with Crippen LogP contribution in [0.2, 0.25) is 0 Å². The average molecular weight is 354 g/mol. The SMILES string of the molecule is COCCCn1c(N/N=C\c2ccc(F)cc2)nc2ccccc2c1=O. The fourth-order valence-corrected chi connectivity index (χ4v) is 2.54. The number of nitrogens with zero attached hydrogens (tertiary/aromatic N) is 3. The molecule has 3 aromatic rings. The van der Waals surface area contributed by atoms with Crippen LogP contribution >= 0.6 is 0 Å². The first-order valence-electron chi connectivity index (χ1n) is 8.22. The maximum atomic E-state index is 12.9. The summed E-state index contributed by atoms with van der Waals surface area (Å²) in [6.07, 6.45) is 2.22. The molecule has 0 atom stereocenters. The van der Waals surface area contributed by atoms with Gasteiger partial charge in [-0.05, 0) is 36.2 Å². The van der Waals surface area contributed by atoms with Crippen LogP contribution < -0.4 is 11.0 Å². The van der Waals surface area contributed by atoms with E-state index in [1.807, 2.05) is 12.1 Å². The van der Waals surface area contributed by atoms with Gasteiger partial charge in [0.15, 0.2) is 0 Å². The molecule has 3 rings (SSSR count). The number of para-hydroxylation sites is 1. The lowest BCUT2D eigenvalue weighted by Crippen LogP contribution is -2.24. The molecule has 1 aromatic heterocycles. The smallest absolute Gasteiger partial charge is 0.262 e. The van der Waals surface area contributed by atoms with Gasteiger partial charge in [0.1, 0.15) is 5.82 Å². The highest BCUT2D eigenvalue weighted by molar-refractivity contribution is 5.81. The highest BCUT2D eigenvalue weighted by Crippen LogP contribution is 2.12. The molecule has 0 aliphatic carbocycles. The minimum absolute atomic E-state index is 0.133. The Morgan fingerprint density at radius 3 is 2.77 bits per heavy atom. The number of nitrogens with one attached hydrogen (secondary N) is 1. The van der Waals surface area contributed by atoms with Gasteiger partial charge in [0.2, 0.25) is 5.95 Å². The number of fused-ring (bicyclic) bond motifs is 1. The van der Waals surface area contributed by atoms with Crippen LogP contribution in [0.25, 0.3) is 10.9 Å². The van der Waals surface area contributed by atoms with E-state index >= 15 is 0 Å². The number of hydrogen-bond acceptors (Lipinski definition) is 5. The van der Waals surface area contributed by atoms with Gasteiger partial charge in [-0.15, -0.1) is 0 Å². The second-order valence-electron chi connectivity index (χ2n) is 5.68. The van der Waals surface area contributed by atoms with Crippen molar-refractivity contribution < 1.29 is 9.13 Å². The minimum atomic E-state index is -0.307. The number of anilines is 1. The van der Waals surface area contributed by atoms with Gasteiger partial charge in [-0.1, -0.05) is 24.3 Å². The summed E-state index contributed by atoms with van der Waals surface area (Å²) in [5.41, 5.74) is 4.02. The molecule has 1 N–H and O–H groups in total. The van der Waals surface area contributed by atoms with E-state index in [1.165, 1.54) is 12.1 Å². The first-order chi connectivity index (χ1) is 12.7. The number of hydrazone groups is 1. The Bertz CT molecular complexity index is 967. The summed E-state index contributed by atoms with van der Waals surface area (Å²) in [5.74, 6) is 0.0430. The number of hydrogen-bond donors (Lipinski definition) is 1. The maximum absolute atomic E-state index is 12.9. The number of halogens is 1. The van der Waals surface area contributed by atoms with Crippen LogP contribution in [0.1, 0.15) is 12.0 Å². The molecular weight excluding hydrogens is 335 g/mol. The van der Waals surface area contributed by atoms with Crippen LogP contribution in [-0.2, 0) is 11.3 Å². The zero-order chi connectivity index (χ0) is 18.4. The normalized spacial score (nSPS) is 11.3. The molecule has 6 nitrogen and oxygen atoms in total. The van der Waals surface area contributed by atoms with Gasteiger partial charge in [-0.2, -0.15) is 5.10 Å².